The first-order valence-corrected chi connectivity index (χ1v) is 3.55. The summed E-state index contributed by atoms with van der Waals surface area (Å²) in [6, 6.07) is 0. The van der Waals surface area contributed by atoms with Crippen LogP contribution in [0.5, 0.6) is 0 Å². The lowest BCUT2D eigenvalue weighted by Crippen LogP contribution is -2.23. The van der Waals surface area contributed by atoms with E-state index in [9.17, 15) is 9.59 Å². The van der Waals surface area contributed by atoms with Gasteiger partial charge in [-0.15, -0.1) is 0 Å². The molecule has 0 saturated carbocycles. The van der Waals surface area contributed by atoms with Gasteiger partial charge in [0, 0.05) is 6.42 Å². The molecule has 3 N–H and O–H groups in total. The van der Waals surface area contributed by atoms with E-state index >= 15 is 0 Å². The van der Waals surface area contributed by atoms with E-state index in [-0.39, 0.29) is 6.42 Å². The molecule has 2 atom stereocenters. The third-order valence-corrected chi connectivity index (χ3v) is 1.27. The molecule has 0 heterocycles. The molecule has 0 aliphatic carbocycles. The van der Waals surface area contributed by atoms with Crippen LogP contribution in [0.15, 0.2) is 0 Å². The highest BCUT2D eigenvalue weighted by Crippen LogP contribution is 2.02. The Morgan fingerprint density at radius 3 is 2.17 bits per heavy atom. The number of carbonyl (C=O) groups excluding carboxylic acids is 1. The SMILES string of the molecule is CC(O)C[C@@H](O)CC(=O)C(=O)O. The molecule has 0 radical (unpaired) electrons. The minimum Gasteiger partial charge on any atom is -0.475 e. The number of Topliss-reactive ketones (excluding diaryl/α,β-unsaturated/α-hetero) is 1. The molecule has 0 rings (SSSR count). The van der Waals surface area contributed by atoms with Gasteiger partial charge in [-0.1, -0.05) is 0 Å². The summed E-state index contributed by atoms with van der Waals surface area (Å²) in [5, 5.41) is 25.9. The van der Waals surface area contributed by atoms with Gasteiger partial charge in [0.15, 0.2) is 0 Å². The predicted molar refractivity (Wildman–Crippen MR) is 39.6 cm³/mol. The molecular weight excluding hydrogens is 164 g/mol. The van der Waals surface area contributed by atoms with Gasteiger partial charge in [-0.2, -0.15) is 0 Å². The van der Waals surface area contributed by atoms with Gasteiger partial charge in [0.05, 0.1) is 12.2 Å². The maximum atomic E-state index is 10.5. The van der Waals surface area contributed by atoms with Gasteiger partial charge >= 0.3 is 5.97 Å². The van der Waals surface area contributed by atoms with Gasteiger partial charge in [0.25, 0.3) is 0 Å². The van der Waals surface area contributed by atoms with Crippen LogP contribution in [-0.2, 0) is 9.59 Å². The first kappa shape index (κ1) is 11.1. The Hall–Kier alpha value is -0.940. The maximum Gasteiger partial charge on any atom is 0.372 e. The molecule has 5 nitrogen and oxygen atoms in total. The Morgan fingerprint density at radius 1 is 1.33 bits per heavy atom. The predicted octanol–water partition coefficient (Wildman–Crippen LogP) is -0.838. The van der Waals surface area contributed by atoms with E-state index in [1.165, 1.54) is 6.92 Å². The van der Waals surface area contributed by atoms with Crippen molar-refractivity contribution in [3.8, 4) is 0 Å². The number of rotatable bonds is 5. The number of carbonyl (C=O) groups is 2. The van der Waals surface area contributed by atoms with Crippen LogP contribution in [0.2, 0.25) is 0 Å². The number of aliphatic carboxylic acids is 1. The first-order chi connectivity index (χ1) is 5.43. The summed E-state index contributed by atoms with van der Waals surface area (Å²) >= 11 is 0. The third kappa shape index (κ3) is 4.81. The molecule has 5 heteroatoms. The molecule has 70 valence electrons. The Morgan fingerprint density at radius 2 is 1.83 bits per heavy atom. The first-order valence-electron chi connectivity index (χ1n) is 3.55. The number of hydrogen-bond acceptors (Lipinski definition) is 4. The van der Waals surface area contributed by atoms with Crippen molar-refractivity contribution < 1.29 is 24.9 Å². The molecular formula is C7H12O5. The Kier molecular flexibility index (Phi) is 4.46. The number of ketones is 1. The van der Waals surface area contributed by atoms with Gasteiger partial charge < -0.3 is 15.3 Å². The summed E-state index contributed by atoms with van der Waals surface area (Å²) in [6.07, 6.45) is -2.24. The van der Waals surface area contributed by atoms with Crippen molar-refractivity contribution in [2.24, 2.45) is 0 Å². The minimum atomic E-state index is -1.56. The molecule has 1 unspecified atom stereocenters. The summed E-state index contributed by atoms with van der Waals surface area (Å²) in [6.45, 7) is 1.45. The van der Waals surface area contributed by atoms with Crippen molar-refractivity contribution in [1.29, 1.82) is 0 Å². The molecule has 0 amide bonds. The van der Waals surface area contributed by atoms with Crippen LogP contribution in [-0.4, -0.2) is 39.3 Å². The van der Waals surface area contributed by atoms with E-state index in [0.29, 0.717) is 0 Å². The maximum absolute atomic E-state index is 10.5. The van der Waals surface area contributed by atoms with E-state index in [1.807, 2.05) is 0 Å². The smallest absolute Gasteiger partial charge is 0.372 e. The summed E-state index contributed by atoms with van der Waals surface area (Å²) < 4.78 is 0. The van der Waals surface area contributed by atoms with Gasteiger partial charge in [-0.05, 0) is 13.3 Å². The standard InChI is InChI=1S/C7H12O5/c1-4(8)2-5(9)3-6(10)7(11)12/h4-5,8-9H,2-3H2,1H3,(H,11,12)/t4?,5-/m1/s1. The summed E-state index contributed by atoms with van der Waals surface area (Å²) in [5.41, 5.74) is 0. The Balaban J connectivity index is 3.76. The highest BCUT2D eigenvalue weighted by Gasteiger charge is 2.17. The van der Waals surface area contributed by atoms with Crippen molar-refractivity contribution in [2.75, 3.05) is 0 Å². The van der Waals surface area contributed by atoms with Crippen molar-refractivity contribution in [1.82, 2.24) is 0 Å². The van der Waals surface area contributed by atoms with Crippen LogP contribution >= 0.6 is 0 Å². The van der Waals surface area contributed by atoms with Gasteiger partial charge in [0.2, 0.25) is 5.78 Å². The van der Waals surface area contributed by atoms with Crippen LogP contribution < -0.4 is 0 Å². The van der Waals surface area contributed by atoms with Crippen LogP contribution in [0.4, 0.5) is 0 Å². The normalized spacial score (nSPS) is 15.2. The molecule has 12 heavy (non-hydrogen) atoms. The third-order valence-electron chi connectivity index (χ3n) is 1.27. The minimum absolute atomic E-state index is 0.0129. The second-order valence-electron chi connectivity index (χ2n) is 2.67. The van der Waals surface area contributed by atoms with E-state index in [1.54, 1.807) is 0 Å². The summed E-state index contributed by atoms with van der Waals surface area (Å²) in [7, 11) is 0. The monoisotopic (exact) mass is 176 g/mol. The van der Waals surface area contributed by atoms with Gasteiger partial charge in [-0.25, -0.2) is 4.79 Å². The molecule has 0 aromatic heterocycles. The average molecular weight is 176 g/mol. The molecule has 0 fully saturated rings. The number of hydrogen-bond donors (Lipinski definition) is 3. The van der Waals surface area contributed by atoms with Crippen molar-refractivity contribution in [3.63, 3.8) is 0 Å². The summed E-state index contributed by atoms with van der Waals surface area (Å²) in [4.78, 5) is 20.5. The van der Waals surface area contributed by atoms with Crippen molar-refractivity contribution in [3.05, 3.63) is 0 Å². The number of carboxylic acid groups (broad SMARTS) is 1. The zero-order valence-electron chi connectivity index (χ0n) is 6.73. The van der Waals surface area contributed by atoms with Crippen LogP contribution in [0.3, 0.4) is 0 Å². The second-order valence-corrected chi connectivity index (χ2v) is 2.67. The Bertz CT molecular complexity index is 175. The highest BCUT2D eigenvalue weighted by atomic mass is 16.4. The number of carboxylic acids is 1. The average Bonchev–Trinajstić information content (AvgIpc) is 1.84. The topological polar surface area (TPSA) is 94.8 Å². The molecule has 0 aliphatic heterocycles. The van der Waals surface area contributed by atoms with Crippen LogP contribution in [0, 0.1) is 0 Å². The largest absolute Gasteiger partial charge is 0.475 e. The lowest BCUT2D eigenvalue weighted by Gasteiger charge is -2.09. The number of aliphatic hydroxyl groups is 2. The van der Waals surface area contributed by atoms with E-state index in [2.05, 4.69) is 0 Å². The molecule has 0 saturated heterocycles. The molecule has 0 aliphatic rings. The van der Waals surface area contributed by atoms with Crippen molar-refractivity contribution in [2.45, 2.75) is 32.0 Å². The van der Waals surface area contributed by atoms with E-state index in [0.717, 1.165) is 0 Å². The van der Waals surface area contributed by atoms with Crippen LogP contribution in [0.1, 0.15) is 19.8 Å². The molecule has 0 spiro atoms. The quantitative estimate of drug-likeness (QED) is 0.475. The zero-order chi connectivity index (χ0) is 9.72. The lowest BCUT2D eigenvalue weighted by atomic mass is 10.1. The molecule has 0 bridgehead atoms. The second kappa shape index (κ2) is 4.84. The fraction of sp³-hybridized carbons (Fsp3) is 0.714. The summed E-state index contributed by atoms with van der Waals surface area (Å²) in [5.74, 6) is -2.59. The van der Waals surface area contributed by atoms with E-state index in [4.69, 9.17) is 15.3 Å². The van der Waals surface area contributed by atoms with Crippen molar-refractivity contribution >= 4 is 11.8 Å². The number of aliphatic hydroxyl groups excluding tert-OH is 2. The Labute approximate surface area is 69.6 Å². The van der Waals surface area contributed by atoms with Gasteiger partial charge in [-0.3, -0.25) is 4.79 Å². The highest BCUT2D eigenvalue weighted by molar-refractivity contribution is 6.32. The zero-order valence-corrected chi connectivity index (χ0v) is 6.73. The van der Waals surface area contributed by atoms with E-state index < -0.39 is 30.4 Å². The van der Waals surface area contributed by atoms with Crippen LogP contribution in [0.25, 0.3) is 0 Å². The fourth-order valence-electron chi connectivity index (χ4n) is 0.778. The molecule has 0 aromatic carbocycles. The van der Waals surface area contributed by atoms with Gasteiger partial charge in [0.1, 0.15) is 0 Å². The lowest BCUT2D eigenvalue weighted by molar-refractivity contribution is -0.150. The fourth-order valence-corrected chi connectivity index (χ4v) is 0.778. The molecule has 0 aromatic rings.